The summed E-state index contributed by atoms with van der Waals surface area (Å²) in [7, 11) is 0. The summed E-state index contributed by atoms with van der Waals surface area (Å²) >= 11 is 1.29. The van der Waals surface area contributed by atoms with Crippen LogP contribution in [0.1, 0.15) is 13.3 Å². The largest absolute Gasteiger partial charge is 0.391 e. The Kier molecular flexibility index (Phi) is 2.93. The lowest BCUT2D eigenvalue weighted by Crippen LogP contribution is -2.37. The van der Waals surface area contributed by atoms with Crippen molar-refractivity contribution >= 4 is 21.6 Å². The average molecular weight is 240 g/mol. The third-order valence-corrected chi connectivity index (χ3v) is 3.36. The van der Waals surface area contributed by atoms with Crippen molar-refractivity contribution in [3.63, 3.8) is 0 Å². The van der Waals surface area contributed by atoms with Crippen LogP contribution in [0.3, 0.4) is 0 Å². The van der Waals surface area contributed by atoms with Gasteiger partial charge in [-0.3, -0.25) is 9.36 Å². The quantitative estimate of drug-likeness (QED) is 0.821. The van der Waals surface area contributed by atoms with Crippen LogP contribution in [0.5, 0.6) is 0 Å². The van der Waals surface area contributed by atoms with Crippen molar-refractivity contribution in [2.24, 2.45) is 0 Å². The molecule has 0 fully saturated rings. The number of fused-ring (bicyclic) bond motifs is 1. The van der Waals surface area contributed by atoms with Gasteiger partial charge in [0, 0.05) is 0 Å². The van der Waals surface area contributed by atoms with Gasteiger partial charge in [0.25, 0.3) is 5.56 Å². The lowest BCUT2D eigenvalue weighted by Gasteiger charge is -2.08. The maximum atomic E-state index is 11.9. The second kappa shape index (κ2) is 4.23. The minimum atomic E-state index is -0.670. The van der Waals surface area contributed by atoms with Gasteiger partial charge < -0.3 is 10.1 Å². The van der Waals surface area contributed by atoms with Gasteiger partial charge in [0.2, 0.25) is 0 Å². The van der Waals surface area contributed by atoms with E-state index in [0.29, 0.717) is 16.6 Å². The molecule has 0 saturated carbocycles. The van der Waals surface area contributed by atoms with Crippen molar-refractivity contribution in [1.82, 2.24) is 9.55 Å². The Labute approximate surface area is 95.0 Å². The molecule has 2 aromatic rings. The van der Waals surface area contributed by atoms with Crippen molar-refractivity contribution in [2.45, 2.75) is 26.0 Å². The highest BCUT2D eigenvalue weighted by Gasteiger charge is 2.11. The first-order valence-electron chi connectivity index (χ1n) is 5.02. The van der Waals surface area contributed by atoms with Gasteiger partial charge in [-0.25, -0.2) is 4.79 Å². The van der Waals surface area contributed by atoms with Crippen molar-refractivity contribution in [1.29, 1.82) is 0 Å². The number of nitrogens with one attached hydrogen (secondary N) is 1. The number of thiophene rings is 1. The molecule has 2 heterocycles. The number of rotatable bonds is 3. The number of H-pyrrole nitrogens is 1. The highest BCUT2D eigenvalue weighted by atomic mass is 32.1. The second-order valence-electron chi connectivity index (χ2n) is 3.57. The second-order valence-corrected chi connectivity index (χ2v) is 4.49. The highest BCUT2D eigenvalue weighted by Crippen LogP contribution is 2.12. The van der Waals surface area contributed by atoms with Gasteiger partial charge in [-0.05, 0) is 17.9 Å². The molecule has 0 saturated heterocycles. The predicted molar refractivity (Wildman–Crippen MR) is 63.0 cm³/mol. The molecule has 16 heavy (non-hydrogen) atoms. The lowest BCUT2D eigenvalue weighted by molar-refractivity contribution is 0.147. The summed E-state index contributed by atoms with van der Waals surface area (Å²) in [5.41, 5.74) is -0.244. The molecular weight excluding hydrogens is 228 g/mol. The van der Waals surface area contributed by atoms with E-state index in [1.807, 2.05) is 0 Å². The average Bonchev–Trinajstić information content (AvgIpc) is 2.71. The third-order valence-electron chi connectivity index (χ3n) is 2.46. The number of hydrogen-bond acceptors (Lipinski definition) is 4. The van der Waals surface area contributed by atoms with Crippen LogP contribution in [0, 0.1) is 0 Å². The van der Waals surface area contributed by atoms with Gasteiger partial charge in [0.1, 0.15) is 4.70 Å². The molecule has 2 rings (SSSR count). The molecule has 5 nitrogen and oxygen atoms in total. The topological polar surface area (TPSA) is 75.1 Å². The lowest BCUT2D eigenvalue weighted by atomic mass is 10.3. The standard InChI is InChI=1S/C10H12N2O3S/c1-2-6(13)5-12-9(14)8-7(3-4-16-8)11-10(12)15/h3-4,6,13H,2,5H2,1H3,(H,11,15). The number of aliphatic hydroxyl groups excluding tert-OH is 1. The molecule has 0 amide bonds. The number of nitrogens with zero attached hydrogens (tertiary/aromatic N) is 1. The molecule has 0 radical (unpaired) electrons. The van der Waals surface area contributed by atoms with Crippen LogP contribution < -0.4 is 11.2 Å². The van der Waals surface area contributed by atoms with E-state index in [1.54, 1.807) is 18.4 Å². The Morgan fingerprint density at radius 2 is 2.31 bits per heavy atom. The van der Waals surface area contributed by atoms with Gasteiger partial charge >= 0.3 is 5.69 Å². The van der Waals surface area contributed by atoms with E-state index in [0.717, 1.165) is 4.57 Å². The van der Waals surface area contributed by atoms with E-state index < -0.39 is 11.8 Å². The van der Waals surface area contributed by atoms with Gasteiger partial charge in [-0.2, -0.15) is 0 Å². The van der Waals surface area contributed by atoms with Crippen molar-refractivity contribution < 1.29 is 5.11 Å². The maximum Gasteiger partial charge on any atom is 0.328 e. The molecule has 0 spiro atoms. The number of aromatic nitrogens is 2. The third kappa shape index (κ3) is 1.81. The fourth-order valence-corrected chi connectivity index (χ4v) is 2.27. The number of hydrogen-bond donors (Lipinski definition) is 2. The molecule has 2 N–H and O–H groups in total. The van der Waals surface area contributed by atoms with E-state index in [4.69, 9.17) is 0 Å². The highest BCUT2D eigenvalue weighted by molar-refractivity contribution is 7.17. The first kappa shape index (κ1) is 11.1. The van der Waals surface area contributed by atoms with Crippen molar-refractivity contribution in [2.75, 3.05) is 0 Å². The van der Waals surface area contributed by atoms with Crippen LogP contribution >= 0.6 is 11.3 Å². The molecule has 2 aromatic heterocycles. The summed E-state index contributed by atoms with van der Waals surface area (Å²) in [5.74, 6) is 0. The Bertz CT molecular complexity index is 610. The Hall–Kier alpha value is -1.40. The van der Waals surface area contributed by atoms with Crippen LogP contribution in [0.15, 0.2) is 21.0 Å². The van der Waals surface area contributed by atoms with Crippen LogP contribution in [0.4, 0.5) is 0 Å². The van der Waals surface area contributed by atoms with E-state index in [-0.39, 0.29) is 12.1 Å². The maximum absolute atomic E-state index is 11.9. The van der Waals surface area contributed by atoms with E-state index in [1.165, 1.54) is 11.3 Å². The molecule has 1 unspecified atom stereocenters. The van der Waals surface area contributed by atoms with E-state index in [2.05, 4.69) is 4.98 Å². The Balaban J connectivity index is 2.60. The van der Waals surface area contributed by atoms with Crippen LogP contribution in [-0.2, 0) is 6.54 Å². The van der Waals surface area contributed by atoms with Crippen molar-refractivity contribution in [3.05, 3.63) is 32.3 Å². The van der Waals surface area contributed by atoms with Gasteiger partial charge in [-0.15, -0.1) is 11.3 Å². The van der Waals surface area contributed by atoms with E-state index in [9.17, 15) is 14.7 Å². The molecule has 0 aliphatic rings. The SMILES string of the molecule is CCC(O)Cn1c(=O)[nH]c2ccsc2c1=O. The zero-order valence-corrected chi connectivity index (χ0v) is 9.58. The monoisotopic (exact) mass is 240 g/mol. The summed E-state index contributed by atoms with van der Waals surface area (Å²) < 4.78 is 1.57. The molecule has 0 aliphatic heterocycles. The smallest absolute Gasteiger partial charge is 0.328 e. The zero-order chi connectivity index (χ0) is 11.7. The van der Waals surface area contributed by atoms with E-state index >= 15 is 0 Å². The van der Waals surface area contributed by atoms with Gasteiger partial charge in [0.05, 0.1) is 18.2 Å². The molecule has 6 heteroatoms. The van der Waals surface area contributed by atoms with Crippen molar-refractivity contribution in [3.8, 4) is 0 Å². The summed E-state index contributed by atoms with van der Waals surface area (Å²) in [4.78, 5) is 26.1. The summed E-state index contributed by atoms with van der Waals surface area (Å²) in [6.45, 7) is 1.84. The molecule has 1 atom stereocenters. The zero-order valence-electron chi connectivity index (χ0n) is 8.77. The number of aromatic amines is 1. The predicted octanol–water partition coefficient (Wildman–Crippen LogP) is 0.522. The van der Waals surface area contributed by atoms with Crippen LogP contribution in [0.2, 0.25) is 0 Å². The fourth-order valence-electron chi connectivity index (χ4n) is 1.48. The molecule has 0 aliphatic carbocycles. The molecular formula is C10H12N2O3S. The normalized spacial score (nSPS) is 13.1. The number of aliphatic hydroxyl groups is 1. The first-order chi connectivity index (χ1) is 7.63. The summed E-state index contributed by atoms with van der Waals surface area (Å²) in [6, 6.07) is 1.70. The minimum Gasteiger partial charge on any atom is -0.391 e. The Morgan fingerprint density at radius 3 is 3.00 bits per heavy atom. The van der Waals surface area contributed by atoms with Crippen LogP contribution in [-0.4, -0.2) is 20.8 Å². The molecule has 0 bridgehead atoms. The molecule has 0 aromatic carbocycles. The summed E-state index contributed by atoms with van der Waals surface area (Å²) in [6.07, 6.45) is -0.162. The summed E-state index contributed by atoms with van der Waals surface area (Å²) in [5, 5.41) is 11.2. The minimum absolute atomic E-state index is 0.0402. The van der Waals surface area contributed by atoms with Gasteiger partial charge in [0.15, 0.2) is 0 Å². The Morgan fingerprint density at radius 1 is 1.56 bits per heavy atom. The van der Waals surface area contributed by atoms with Crippen LogP contribution in [0.25, 0.3) is 10.2 Å². The molecule has 86 valence electrons. The fraction of sp³-hybridized carbons (Fsp3) is 0.400. The first-order valence-corrected chi connectivity index (χ1v) is 5.89. The van der Waals surface area contributed by atoms with Gasteiger partial charge in [-0.1, -0.05) is 6.92 Å².